The van der Waals surface area contributed by atoms with Crippen LogP contribution in [-0.4, -0.2) is 29.6 Å². The Morgan fingerprint density at radius 3 is 2.67 bits per heavy atom. The molecular weight excluding hydrogens is 263 g/mol. The summed E-state index contributed by atoms with van der Waals surface area (Å²) in [5.41, 5.74) is 1.12. The Labute approximate surface area is 127 Å². The van der Waals surface area contributed by atoms with Gasteiger partial charge in [0.25, 0.3) is 0 Å². The topological polar surface area (TPSA) is 15.3 Å². The monoisotopic (exact) mass is 290 g/mol. The van der Waals surface area contributed by atoms with Gasteiger partial charge >= 0.3 is 0 Å². The second-order valence-electron chi connectivity index (χ2n) is 7.18. The van der Waals surface area contributed by atoms with Gasteiger partial charge in [-0.1, -0.05) is 44.9 Å². The minimum absolute atomic E-state index is 0.0704. The van der Waals surface area contributed by atoms with Crippen molar-refractivity contribution in [1.29, 1.82) is 0 Å². The molecule has 1 aliphatic heterocycles. The summed E-state index contributed by atoms with van der Waals surface area (Å²) >= 11 is 0. The van der Waals surface area contributed by atoms with Crippen LogP contribution >= 0.6 is 0 Å². The zero-order chi connectivity index (χ0) is 14.9. The van der Waals surface area contributed by atoms with E-state index in [0.717, 1.165) is 25.2 Å². The average molecular weight is 290 g/mol. The molecule has 21 heavy (non-hydrogen) atoms. The van der Waals surface area contributed by atoms with E-state index in [0.29, 0.717) is 12.0 Å². The molecule has 1 aliphatic carbocycles. The Bertz CT molecular complexity index is 480. The number of benzene rings is 1. The molecule has 1 N–H and O–H groups in total. The number of nitrogens with zero attached hydrogens (tertiary/aromatic N) is 1. The van der Waals surface area contributed by atoms with E-state index in [1.807, 2.05) is 12.1 Å². The molecule has 3 rings (SSSR count). The van der Waals surface area contributed by atoms with E-state index < -0.39 is 0 Å². The maximum Gasteiger partial charge on any atom is 0.127 e. The Kier molecular flexibility index (Phi) is 4.32. The first-order chi connectivity index (χ1) is 10.1. The smallest absolute Gasteiger partial charge is 0.127 e. The first-order valence-corrected chi connectivity index (χ1v) is 8.32. The van der Waals surface area contributed by atoms with Crippen LogP contribution in [0.3, 0.4) is 0 Å². The Morgan fingerprint density at radius 2 is 2.00 bits per heavy atom. The van der Waals surface area contributed by atoms with Gasteiger partial charge < -0.3 is 5.32 Å². The fraction of sp³-hybridized carbons (Fsp3) is 0.667. The molecule has 1 saturated carbocycles. The molecule has 116 valence electrons. The van der Waals surface area contributed by atoms with Gasteiger partial charge in [-0.25, -0.2) is 4.39 Å². The van der Waals surface area contributed by atoms with Gasteiger partial charge in [-0.15, -0.1) is 0 Å². The van der Waals surface area contributed by atoms with Crippen molar-refractivity contribution in [2.45, 2.75) is 57.7 Å². The van der Waals surface area contributed by atoms with Crippen LogP contribution in [0.1, 0.15) is 45.1 Å². The fourth-order valence-electron chi connectivity index (χ4n) is 4.07. The van der Waals surface area contributed by atoms with E-state index in [1.54, 1.807) is 12.1 Å². The quantitative estimate of drug-likeness (QED) is 0.915. The normalized spacial score (nSPS) is 25.8. The van der Waals surface area contributed by atoms with Crippen molar-refractivity contribution in [3.63, 3.8) is 0 Å². The Hall–Kier alpha value is -0.930. The second kappa shape index (κ2) is 6.05. The van der Waals surface area contributed by atoms with E-state index in [2.05, 4.69) is 24.1 Å². The summed E-state index contributed by atoms with van der Waals surface area (Å²) in [6.07, 6.45) is 5.19. The number of nitrogens with one attached hydrogen (secondary N) is 1. The lowest BCUT2D eigenvalue weighted by Gasteiger charge is -2.48. The Balaban J connectivity index is 1.79. The second-order valence-corrected chi connectivity index (χ2v) is 7.18. The summed E-state index contributed by atoms with van der Waals surface area (Å²) < 4.78 is 14.0. The summed E-state index contributed by atoms with van der Waals surface area (Å²) in [5.74, 6) is 0.516. The number of rotatable bonds is 3. The first-order valence-electron chi connectivity index (χ1n) is 8.32. The molecule has 0 amide bonds. The van der Waals surface area contributed by atoms with Crippen molar-refractivity contribution in [3.05, 3.63) is 35.6 Å². The standard InChI is InChI=1S/C18H27FN2/c1-14(2)17-11-20-18(9-5-6-10-18)13-21(17)12-15-7-3-4-8-16(15)19/h3-4,7-8,14,17,20H,5-6,9-13H2,1-2H3. The molecular formula is C18H27FN2. The molecule has 3 heteroatoms. The highest BCUT2D eigenvalue weighted by Gasteiger charge is 2.41. The van der Waals surface area contributed by atoms with Gasteiger partial charge in [0.2, 0.25) is 0 Å². The number of halogens is 1. The van der Waals surface area contributed by atoms with Crippen LogP contribution in [-0.2, 0) is 6.54 Å². The molecule has 0 bridgehead atoms. The van der Waals surface area contributed by atoms with Crippen LogP contribution in [0.5, 0.6) is 0 Å². The highest BCUT2D eigenvalue weighted by Crippen LogP contribution is 2.35. The summed E-state index contributed by atoms with van der Waals surface area (Å²) in [6.45, 7) is 7.37. The maximum absolute atomic E-state index is 14.0. The first kappa shape index (κ1) is 15.0. The largest absolute Gasteiger partial charge is 0.308 e. The summed E-state index contributed by atoms with van der Waals surface area (Å²) in [7, 11) is 0. The van der Waals surface area contributed by atoms with Crippen LogP contribution in [0.2, 0.25) is 0 Å². The minimum atomic E-state index is -0.0704. The molecule has 1 aromatic rings. The lowest BCUT2D eigenvalue weighted by Crippen LogP contribution is -2.64. The molecule has 1 atom stereocenters. The molecule has 2 nitrogen and oxygen atoms in total. The summed E-state index contributed by atoms with van der Waals surface area (Å²) in [6, 6.07) is 7.71. The molecule has 1 heterocycles. The van der Waals surface area contributed by atoms with Gasteiger partial charge in [0, 0.05) is 36.8 Å². The lowest BCUT2D eigenvalue weighted by atomic mass is 9.88. The average Bonchev–Trinajstić information content (AvgIpc) is 2.89. The SMILES string of the molecule is CC(C)C1CNC2(CCCC2)CN1Cc1ccccc1F. The fourth-order valence-corrected chi connectivity index (χ4v) is 4.07. The van der Waals surface area contributed by atoms with E-state index in [9.17, 15) is 4.39 Å². The van der Waals surface area contributed by atoms with Crippen molar-refractivity contribution < 1.29 is 4.39 Å². The molecule has 2 fully saturated rings. The van der Waals surface area contributed by atoms with Crippen LogP contribution in [0.4, 0.5) is 4.39 Å². The zero-order valence-electron chi connectivity index (χ0n) is 13.2. The van der Waals surface area contributed by atoms with Crippen LogP contribution in [0.25, 0.3) is 0 Å². The molecule has 2 aliphatic rings. The van der Waals surface area contributed by atoms with Gasteiger partial charge in [0.05, 0.1) is 0 Å². The van der Waals surface area contributed by atoms with Gasteiger partial charge in [-0.2, -0.15) is 0 Å². The van der Waals surface area contributed by atoms with Crippen molar-refractivity contribution in [2.75, 3.05) is 13.1 Å². The maximum atomic E-state index is 14.0. The third-order valence-corrected chi connectivity index (χ3v) is 5.32. The zero-order valence-corrected chi connectivity index (χ0v) is 13.2. The molecule has 0 aromatic heterocycles. The molecule has 0 radical (unpaired) electrons. The van der Waals surface area contributed by atoms with Crippen LogP contribution in [0, 0.1) is 11.7 Å². The molecule has 1 unspecified atom stereocenters. The van der Waals surface area contributed by atoms with E-state index in [-0.39, 0.29) is 11.4 Å². The van der Waals surface area contributed by atoms with Crippen LogP contribution < -0.4 is 5.32 Å². The van der Waals surface area contributed by atoms with Gasteiger partial charge in [-0.3, -0.25) is 4.90 Å². The van der Waals surface area contributed by atoms with E-state index in [4.69, 9.17) is 0 Å². The minimum Gasteiger partial charge on any atom is -0.308 e. The predicted octanol–water partition coefficient (Wildman–Crippen LogP) is 3.57. The highest BCUT2D eigenvalue weighted by atomic mass is 19.1. The lowest BCUT2D eigenvalue weighted by molar-refractivity contribution is 0.0499. The van der Waals surface area contributed by atoms with Gasteiger partial charge in [0.15, 0.2) is 0 Å². The molecule has 1 saturated heterocycles. The summed E-state index contributed by atoms with van der Waals surface area (Å²) in [4.78, 5) is 2.52. The van der Waals surface area contributed by atoms with Crippen molar-refractivity contribution in [2.24, 2.45) is 5.92 Å². The third kappa shape index (κ3) is 3.14. The summed E-state index contributed by atoms with van der Waals surface area (Å²) in [5, 5.41) is 3.82. The van der Waals surface area contributed by atoms with Crippen molar-refractivity contribution in [1.82, 2.24) is 10.2 Å². The molecule has 1 aromatic carbocycles. The van der Waals surface area contributed by atoms with E-state index in [1.165, 1.54) is 25.7 Å². The van der Waals surface area contributed by atoms with Crippen molar-refractivity contribution in [3.8, 4) is 0 Å². The third-order valence-electron chi connectivity index (χ3n) is 5.32. The highest BCUT2D eigenvalue weighted by molar-refractivity contribution is 5.18. The van der Waals surface area contributed by atoms with Crippen molar-refractivity contribution >= 4 is 0 Å². The van der Waals surface area contributed by atoms with E-state index >= 15 is 0 Å². The number of hydrogen-bond acceptors (Lipinski definition) is 2. The molecule has 1 spiro atoms. The van der Waals surface area contributed by atoms with Gasteiger partial charge in [0.1, 0.15) is 5.82 Å². The number of hydrogen-bond donors (Lipinski definition) is 1. The predicted molar refractivity (Wildman–Crippen MR) is 84.6 cm³/mol. The number of piperazine rings is 1. The van der Waals surface area contributed by atoms with Crippen LogP contribution in [0.15, 0.2) is 24.3 Å². The van der Waals surface area contributed by atoms with Gasteiger partial charge in [-0.05, 0) is 24.8 Å². The Morgan fingerprint density at radius 1 is 1.29 bits per heavy atom.